The van der Waals surface area contributed by atoms with E-state index in [0.29, 0.717) is 23.0 Å². The number of hydrogen-bond acceptors (Lipinski definition) is 6. The van der Waals surface area contributed by atoms with Crippen molar-refractivity contribution in [1.82, 2.24) is 0 Å². The van der Waals surface area contributed by atoms with Gasteiger partial charge in [-0.2, -0.15) is 0 Å². The number of aliphatic hydroxyl groups is 1. The Labute approximate surface area is 203 Å². The number of anilines is 1. The van der Waals surface area contributed by atoms with E-state index in [4.69, 9.17) is 19.3 Å². The molecule has 1 amide bonds. The first-order valence-corrected chi connectivity index (χ1v) is 11.0. The van der Waals surface area contributed by atoms with Gasteiger partial charge in [-0.25, -0.2) is 18.4 Å². The predicted octanol–water partition coefficient (Wildman–Crippen LogP) is 5.47. The van der Waals surface area contributed by atoms with Crippen LogP contribution in [0.1, 0.15) is 38.9 Å². The molecule has 0 heterocycles. The molecule has 0 aliphatic rings. The van der Waals surface area contributed by atoms with Gasteiger partial charge in [0.25, 0.3) is 0 Å². The lowest BCUT2D eigenvalue weighted by Crippen LogP contribution is -2.18. The maximum atomic E-state index is 13.9. The van der Waals surface area contributed by atoms with Crippen molar-refractivity contribution in [2.24, 2.45) is 0 Å². The SMILES string of the molecule is CCOC(=O)/C=C(C)/C=C(\C)C[C@H](OC(=O)Nc1ccc(F)cc1F)c1ccc(OCCO)cc1. The molecule has 2 N–H and O–H groups in total. The zero-order valence-electron chi connectivity index (χ0n) is 19.8. The summed E-state index contributed by atoms with van der Waals surface area (Å²) < 4.78 is 42.9. The minimum absolute atomic E-state index is 0.129. The quantitative estimate of drug-likeness (QED) is 0.247. The molecule has 7 nitrogen and oxygen atoms in total. The van der Waals surface area contributed by atoms with E-state index < -0.39 is 29.8 Å². The van der Waals surface area contributed by atoms with E-state index in [0.717, 1.165) is 17.7 Å². The summed E-state index contributed by atoms with van der Waals surface area (Å²) in [5.74, 6) is -1.63. The molecule has 0 saturated heterocycles. The Hall–Kier alpha value is -3.72. The number of aliphatic hydroxyl groups excluding tert-OH is 1. The molecule has 0 aromatic heterocycles. The predicted molar refractivity (Wildman–Crippen MR) is 127 cm³/mol. The van der Waals surface area contributed by atoms with Crippen LogP contribution in [0.2, 0.25) is 0 Å². The Morgan fingerprint density at radius 2 is 1.80 bits per heavy atom. The van der Waals surface area contributed by atoms with Gasteiger partial charge in [0.15, 0.2) is 0 Å². The monoisotopic (exact) mass is 489 g/mol. The Kier molecular flexibility index (Phi) is 10.9. The van der Waals surface area contributed by atoms with Crippen molar-refractivity contribution in [3.8, 4) is 5.75 Å². The minimum atomic E-state index is -0.931. The molecular weight excluding hydrogens is 460 g/mol. The topological polar surface area (TPSA) is 94.1 Å². The molecule has 0 radical (unpaired) electrons. The first-order chi connectivity index (χ1) is 16.7. The van der Waals surface area contributed by atoms with Crippen molar-refractivity contribution in [2.45, 2.75) is 33.3 Å². The molecule has 0 spiro atoms. The summed E-state index contributed by atoms with van der Waals surface area (Å²) in [5, 5.41) is 11.2. The molecule has 0 aliphatic heterocycles. The van der Waals surface area contributed by atoms with Crippen molar-refractivity contribution < 1.29 is 37.7 Å². The number of rotatable bonds is 11. The van der Waals surface area contributed by atoms with Crippen LogP contribution in [-0.2, 0) is 14.3 Å². The molecule has 2 aromatic rings. The number of esters is 1. The third-order valence-corrected chi connectivity index (χ3v) is 4.64. The first kappa shape index (κ1) is 27.5. The summed E-state index contributed by atoms with van der Waals surface area (Å²) in [4.78, 5) is 24.2. The lowest BCUT2D eigenvalue weighted by Gasteiger charge is -2.20. The first-order valence-electron chi connectivity index (χ1n) is 11.0. The van der Waals surface area contributed by atoms with Crippen molar-refractivity contribution >= 4 is 17.7 Å². The molecule has 9 heteroatoms. The number of carbonyl (C=O) groups is 2. The molecule has 2 rings (SSSR count). The molecule has 0 bridgehead atoms. The molecule has 1 atom stereocenters. The van der Waals surface area contributed by atoms with Crippen LogP contribution < -0.4 is 10.1 Å². The van der Waals surface area contributed by atoms with E-state index in [1.165, 1.54) is 6.08 Å². The van der Waals surface area contributed by atoms with E-state index in [1.54, 1.807) is 44.2 Å². The van der Waals surface area contributed by atoms with Crippen LogP contribution in [0.3, 0.4) is 0 Å². The Balaban J connectivity index is 2.22. The average Bonchev–Trinajstić information content (AvgIpc) is 2.79. The van der Waals surface area contributed by atoms with Crippen LogP contribution in [0.5, 0.6) is 5.75 Å². The normalized spacial score (nSPS) is 12.6. The van der Waals surface area contributed by atoms with Crippen LogP contribution in [0.15, 0.2) is 65.8 Å². The van der Waals surface area contributed by atoms with Gasteiger partial charge in [-0.3, -0.25) is 5.32 Å². The van der Waals surface area contributed by atoms with Gasteiger partial charge in [0.05, 0.1) is 18.9 Å². The highest BCUT2D eigenvalue weighted by Gasteiger charge is 2.19. The van der Waals surface area contributed by atoms with Gasteiger partial charge < -0.3 is 19.3 Å². The Morgan fingerprint density at radius 1 is 1.09 bits per heavy atom. The molecule has 2 aromatic carbocycles. The highest BCUT2D eigenvalue weighted by atomic mass is 19.1. The van der Waals surface area contributed by atoms with E-state index >= 15 is 0 Å². The largest absolute Gasteiger partial charge is 0.491 e. The standard InChI is InChI=1S/C26H29F2NO6/c1-4-33-25(31)15-18(3)13-17(2)14-24(19-5-8-21(9-6-19)34-12-11-30)35-26(32)29-23-10-7-20(27)16-22(23)28/h5-10,13,15-16,24,30H,4,11-12,14H2,1-3H3,(H,29,32)/b17-13+,18-15+/t24-/m0/s1. The van der Waals surface area contributed by atoms with Gasteiger partial charge in [-0.1, -0.05) is 23.8 Å². The van der Waals surface area contributed by atoms with Gasteiger partial charge in [0, 0.05) is 18.6 Å². The summed E-state index contributed by atoms with van der Waals surface area (Å²) in [7, 11) is 0. The van der Waals surface area contributed by atoms with Crippen LogP contribution in [0, 0.1) is 11.6 Å². The fourth-order valence-corrected chi connectivity index (χ4v) is 3.18. The van der Waals surface area contributed by atoms with Crippen LogP contribution in [0.4, 0.5) is 19.3 Å². The summed E-state index contributed by atoms with van der Waals surface area (Å²) in [6, 6.07) is 9.53. The van der Waals surface area contributed by atoms with Crippen LogP contribution >= 0.6 is 0 Å². The second-order valence-corrected chi connectivity index (χ2v) is 7.62. The third-order valence-electron chi connectivity index (χ3n) is 4.64. The lowest BCUT2D eigenvalue weighted by atomic mass is 10.0. The van der Waals surface area contributed by atoms with Crippen molar-refractivity contribution in [3.05, 3.63) is 83.0 Å². The fraction of sp³-hybridized carbons (Fsp3) is 0.308. The Morgan fingerprint density at radius 3 is 2.43 bits per heavy atom. The van der Waals surface area contributed by atoms with Gasteiger partial charge >= 0.3 is 12.1 Å². The Bertz CT molecular complexity index is 1070. The maximum Gasteiger partial charge on any atom is 0.412 e. The number of nitrogens with one attached hydrogen (secondary N) is 1. The second kappa shape index (κ2) is 13.9. The summed E-state index contributed by atoms with van der Waals surface area (Å²) >= 11 is 0. The molecule has 0 fully saturated rings. The van der Waals surface area contributed by atoms with Crippen molar-refractivity contribution in [2.75, 3.05) is 25.1 Å². The molecule has 0 unspecified atom stereocenters. The molecule has 0 saturated carbocycles. The van der Waals surface area contributed by atoms with E-state index in [2.05, 4.69) is 5.32 Å². The van der Waals surface area contributed by atoms with Crippen molar-refractivity contribution in [3.63, 3.8) is 0 Å². The average molecular weight is 490 g/mol. The van der Waals surface area contributed by atoms with Gasteiger partial charge in [-0.15, -0.1) is 0 Å². The number of carbonyl (C=O) groups excluding carboxylic acids is 2. The van der Waals surface area contributed by atoms with Crippen LogP contribution in [0.25, 0.3) is 0 Å². The van der Waals surface area contributed by atoms with Gasteiger partial charge in [0.1, 0.15) is 30.1 Å². The highest BCUT2D eigenvalue weighted by molar-refractivity contribution is 5.85. The smallest absolute Gasteiger partial charge is 0.412 e. The van der Waals surface area contributed by atoms with Crippen molar-refractivity contribution in [1.29, 1.82) is 0 Å². The highest BCUT2D eigenvalue weighted by Crippen LogP contribution is 2.28. The lowest BCUT2D eigenvalue weighted by molar-refractivity contribution is -0.137. The van der Waals surface area contributed by atoms with Crippen LogP contribution in [-0.4, -0.2) is 37.0 Å². The number of amides is 1. The number of benzene rings is 2. The summed E-state index contributed by atoms with van der Waals surface area (Å²) in [5.41, 5.74) is 1.87. The zero-order valence-corrected chi connectivity index (χ0v) is 19.8. The summed E-state index contributed by atoms with van der Waals surface area (Å²) in [6.07, 6.45) is 1.71. The maximum absolute atomic E-state index is 13.9. The fourth-order valence-electron chi connectivity index (χ4n) is 3.18. The molecule has 188 valence electrons. The van der Waals surface area contributed by atoms with E-state index in [1.807, 2.05) is 6.92 Å². The summed E-state index contributed by atoms with van der Waals surface area (Å²) in [6.45, 7) is 5.55. The van der Waals surface area contributed by atoms with E-state index in [9.17, 15) is 18.4 Å². The zero-order chi connectivity index (χ0) is 25.8. The molecular formula is C26H29F2NO6. The minimum Gasteiger partial charge on any atom is -0.491 e. The third kappa shape index (κ3) is 9.58. The van der Waals surface area contributed by atoms with Gasteiger partial charge in [-0.05, 0) is 56.2 Å². The van der Waals surface area contributed by atoms with E-state index in [-0.39, 0.29) is 31.9 Å². The number of allylic oxidation sites excluding steroid dienone is 2. The number of ether oxygens (including phenoxy) is 3. The molecule has 0 aliphatic carbocycles. The van der Waals surface area contributed by atoms with Gasteiger partial charge in [0.2, 0.25) is 0 Å². The second-order valence-electron chi connectivity index (χ2n) is 7.62. The number of hydrogen-bond donors (Lipinski definition) is 2. The molecule has 35 heavy (non-hydrogen) atoms. The number of halogens is 2.